The molecule has 8 heteroatoms. The monoisotopic (exact) mass is 320 g/mol. The van der Waals surface area contributed by atoms with Gasteiger partial charge >= 0.3 is 0 Å². The van der Waals surface area contributed by atoms with Crippen molar-refractivity contribution in [3.05, 3.63) is 5.82 Å². The van der Waals surface area contributed by atoms with E-state index in [-0.39, 0.29) is 12.4 Å². The number of rotatable bonds is 6. The molecular formula is C12H23ClN5OS-. The van der Waals surface area contributed by atoms with Crippen molar-refractivity contribution in [2.24, 2.45) is 5.92 Å². The van der Waals surface area contributed by atoms with E-state index in [4.69, 9.17) is 4.74 Å². The first-order valence-corrected chi connectivity index (χ1v) is 7.96. The maximum absolute atomic E-state index is 5.12. The summed E-state index contributed by atoms with van der Waals surface area (Å²) >= 11 is 2.02. The highest BCUT2D eigenvalue weighted by molar-refractivity contribution is 7.99. The standard InChI is InChI=1S/C12H23N5OS.ClH/c1-10(2)11(16-5-8-19-9-6-16)12-13-14-15-17(12)4-7-18-3;/h10-11H,4-9H2,1-3H3;1H/p-1. The van der Waals surface area contributed by atoms with Crippen molar-refractivity contribution >= 4 is 11.8 Å². The minimum absolute atomic E-state index is 0. The molecule has 0 aliphatic carbocycles. The summed E-state index contributed by atoms with van der Waals surface area (Å²) in [5, 5.41) is 12.2. The maximum Gasteiger partial charge on any atom is 0.168 e. The molecule has 6 nitrogen and oxygen atoms in total. The zero-order chi connectivity index (χ0) is 13.7. The summed E-state index contributed by atoms with van der Waals surface area (Å²) < 4.78 is 7.01. The van der Waals surface area contributed by atoms with Gasteiger partial charge in [0.15, 0.2) is 5.82 Å². The number of tetrazole rings is 1. The molecule has 0 N–H and O–H groups in total. The van der Waals surface area contributed by atoms with Crippen LogP contribution in [0.15, 0.2) is 0 Å². The van der Waals surface area contributed by atoms with Crippen molar-refractivity contribution in [2.45, 2.75) is 26.4 Å². The topological polar surface area (TPSA) is 56.1 Å². The van der Waals surface area contributed by atoms with Gasteiger partial charge in [-0.25, -0.2) is 4.68 Å². The van der Waals surface area contributed by atoms with Crippen molar-refractivity contribution in [3.63, 3.8) is 0 Å². The number of hydrogen-bond acceptors (Lipinski definition) is 6. The van der Waals surface area contributed by atoms with E-state index in [1.54, 1.807) is 7.11 Å². The largest absolute Gasteiger partial charge is 1.00 e. The predicted molar refractivity (Wildman–Crippen MR) is 76.2 cm³/mol. The molecule has 1 fully saturated rings. The van der Waals surface area contributed by atoms with Crippen LogP contribution in [0.1, 0.15) is 25.7 Å². The SMILES string of the molecule is COCCn1nnnc1C(C(C)C)N1CCSCC1.[Cl-]. The molecule has 0 amide bonds. The van der Waals surface area contributed by atoms with Crippen LogP contribution in [0.4, 0.5) is 0 Å². The van der Waals surface area contributed by atoms with E-state index in [1.165, 1.54) is 11.5 Å². The Morgan fingerprint density at radius 2 is 2.00 bits per heavy atom. The van der Waals surface area contributed by atoms with Crippen molar-refractivity contribution in [1.82, 2.24) is 25.1 Å². The number of aromatic nitrogens is 4. The zero-order valence-corrected chi connectivity index (χ0v) is 13.9. The van der Waals surface area contributed by atoms with Gasteiger partial charge in [-0.3, -0.25) is 4.90 Å². The number of methoxy groups -OCH3 is 1. The molecule has 2 rings (SSSR count). The Morgan fingerprint density at radius 3 is 2.60 bits per heavy atom. The summed E-state index contributed by atoms with van der Waals surface area (Å²) in [6.07, 6.45) is 0. The molecule has 2 heterocycles. The van der Waals surface area contributed by atoms with Gasteiger partial charge in [-0.15, -0.1) is 5.10 Å². The fourth-order valence-electron chi connectivity index (χ4n) is 2.50. The first-order valence-electron chi connectivity index (χ1n) is 6.81. The molecule has 1 aromatic rings. The lowest BCUT2D eigenvalue weighted by Gasteiger charge is -2.35. The minimum Gasteiger partial charge on any atom is -1.00 e. The van der Waals surface area contributed by atoms with Gasteiger partial charge in [0.2, 0.25) is 0 Å². The van der Waals surface area contributed by atoms with Gasteiger partial charge in [0.05, 0.1) is 19.2 Å². The first-order chi connectivity index (χ1) is 9.24. The minimum atomic E-state index is 0. The molecule has 1 saturated heterocycles. The molecule has 1 aliphatic heterocycles. The van der Waals surface area contributed by atoms with Crippen LogP contribution in [-0.2, 0) is 11.3 Å². The second-order valence-corrected chi connectivity index (χ2v) is 6.31. The van der Waals surface area contributed by atoms with Crippen molar-refractivity contribution in [1.29, 1.82) is 0 Å². The van der Waals surface area contributed by atoms with E-state index >= 15 is 0 Å². The van der Waals surface area contributed by atoms with E-state index < -0.39 is 0 Å². The highest BCUT2D eigenvalue weighted by atomic mass is 35.5. The van der Waals surface area contributed by atoms with Crippen molar-refractivity contribution < 1.29 is 17.1 Å². The highest BCUT2D eigenvalue weighted by Gasteiger charge is 2.29. The quantitative estimate of drug-likeness (QED) is 0.608. The van der Waals surface area contributed by atoms with Gasteiger partial charge in [0.1, 0.15) is 0 Å². The number of thioether (sulfide) groups is 1. The zero-order valence-electron chi connectivity index (χ0n) is 12.3. The average molecular weight is 321 g/mol. The van der Waals surface area contributed by atoms with Gasteiger partial charge in [-0.2, -0.15) is 11.8 Å². The van der Waals surface area contributed by atoms with E-state index in [1.807, 2.05) is 16.4 Å². The van der Waals surface area contributed by atoms with E-state index in [0.29, 0.717) is 25.1 Å². The molecule has 1 aliphatic rings. The molecule has 0 saturated carbocycles. The van der Waals surface area contributed by atoms with Gasteiger partial charge < -0.3 is 17.1 Å². The Balaban J connectivity index is 0.00000200. The summed E-state index contributed by atoms with van der Waals surface area (Å²) in [6, 6.07) is 0.299. The normalized spacial score (nSPS) is 18.0. The fraction of sp³-hybridized carbons (Fsp3) is 0.917. The number of hydrogen-bond donors (Lipinski definition) is 0. The van der Waals surface area contributed by atoms with Crippen LogP contribution in [0, 0.1) is 5.92 Å². The molecule has 1 aromatic heterocycles. The summed E-state index contributed by atoms with van der Waals surface area (Å²) in [4.78, 5) is 2.51. The van der Waals surface area contributed by atoms with Crippen LogP contribution >= 0.6 is 11.8 Å². The average Bonchev–Trinajstić information content (AvgIpc) is 2.85. The summed E-state index contributed by atoms with van der Waals surface area (Å²) in [6.45, 7) is 8.06. The number of nitrogens with zero attached hydrogens (tertiary/aromatic N) is 5. The molecule has 0 radical (unpaired) electrons. The van der Waals surface area contributed by atoms with Gasteiger partial charge in [-0.05, 0) is 16.3 Å². The molecule has 20 heavy (non-hydrogen) atoms. The van der Waals surface area contributed by atoms with Crippen LogP contribution in [0.3, 0.4) is 0 Å². The molecular weight excluding hydrogens is 298 g/mol. The van der Waals surface area contributed by atoms with E-state index in [9.17, 15) is 0 Å². The van der Waals surface area contributed by atoms with Crippen LogP contribution in [-0.4, -0.2) is 63.4 Å². The Kier molecular flexibility index (Phi) is 7.79. The summed E-state index contributed by atoms with van der Waals surface area (Å²) in [5.41, 5.74) is 0. The second-order valence-electron chi connectivity index (χ2n) is 5.09. The van der Waals surface area contributed by atoms with Crippen molar-refractivity contribution in [2.75, 3.05) is 38.3 Å². The third-order valence-corrected chi connectivity index (χ3v) is 4.34. The second kappa shape index (κ2) is 8.81. The Labute approximate surface area is 131 Å². The molecule has 1 atom stereocenters. The predicted octanol–water partition coefficient (Wildman–Crippen LogP) is -1.93. The van der Waals surface area contributed by atoms with Crippen LogP contribution in [0.2, 0.25) is 0 Å². The molecule has 116 valence electrons. The molecule has 0 aromatic carbocycles. The molecule has 1 unspecified atom stereocenters. The Hall–Kier alpha value is -0.370. The van der Waals surface area contributed by atoms with Crippen molar-refractivity contribution in [3.8, 4) is 0 Å². The lowest BCUT2D eigenvalue weighted by molar-refractivity contribution is -0.00000468. The van der Waals surface area contributed by atoms with Gasteiger partial charge in [-0.1, -0.05) is 13.8 Å². The Bertz CT molecular complexity index is 384. The summed E-state index contributed by atoms with van der Waals surface area (Å²) in [5.74, 6) is 3.86. The Morgan fingerprint density at radius 1 is 1.30 bits per heavy atom. The van der Waals surface area contributed by atoms with Crippen LogP contribution < -0.4 is 12.4 Å². The number of ether oxygens (including phenoxy) is 1. The lowest BCUT2D eigenvalue weighted by Crippen LogP contribution is -3.00. The molecule has 0 spiro atoms. The third-order valence-electron chi connectivity index (χ3n) is 3.40. The van der Waals surface area contributed by atoms with Crippen LogP contribution in [0.5, 0.6) is 0 Å². The number of halogens is 1. The smallest absolute Gasteiger partial charge is 0.168 e. The summed E-state index contributed by atoms with van der Waals surface area (Å²) in [7, 11) is 1.70. The first kappa shape index (κ1) is 17.7. The maximum atomic E-state index is 5.12. The van der Waals surface area contributed by atoms with Gasteiger partial charge in [0.25, 0.3) is 0 Å². The van der Waals surface area contributed by atoms with E-state index in [0.717, 1.165) is 18.9 Å². The lowest BCUT2D eigenvalue weighted by atomic mass is 10.0. The third kappa shape index (κ3) is 4.31. The van der Waals surface area contributed by atoms with Gasteiger partial charge in [0, 0.05) is 31.7 Å². The fourth-order valence-corrected chi connectivity index (χ4v) is 3.43. The molecule has 0 bridgehead atoms. The van der Waals surface area contributed by atoms with E-state index in [2.05, 4.69) is 34.3 Å². The highest BCUT2D eigenvalue weighted by Crippen LogP contribution is 2.28. The van der Waals surface area contributed by atoms with Crippen LogP contribution in [0.25, 0.3) is 0 Å².